The van der Waals surface area contributed by atoms with Crippen LogP contribution in [0.25, 0.3) is 0 Å². The fourth-order valence-electron chi connectivity index (χ4n) is 2.60. The van der Waals surface area contributed by atoms with Gasteiger partial charge in [0.15, 0.2) is 0 Å². The molecule has 2 amide bonds. The minimum Gasteiger partial charge on any atom is -0.326 e. The number of aromatic nitrogens is 1. The Kier molecular flexibility index (Phi) is 7.29. The van der Waals surface area contributed by atoms with Crippen LogP contribution in [0, 0.1) is 0 Å². The van der Waals surface area contributed by atoms with Crippen molar-refractivity contribution in [3.8, 4) is 0 Å². The van der Waals surface area contributed by atoms with Crippen LogP contribution < -0.4 is 16.0 Å². The predicted octanol–water partition coefficient (Wildman–Crippen LogP) is 4.20. The van der Waals surface area contributed by atoms with Crippen LogP contribution in [-0.2, 0) is 11.3 Å². The number of pyridine rings is 1. The van der Waals surface area contributed by atoms with E-state index in [1.807, 2.05) is 36.4 Å². The normalized spacial score (nSPS) is 10.9. The number of anilines is 2. The summed E-state index contributed by atoms with van der Waals surface area (Å²) in [4.78, 5) is 32.7. The lowest BCUT2D eigenvalue weighted by Crippen LogP contribution is -2.36. The van der Waals surface area contributed by atoms with Gasteiger partial charge in [0.05, 0.1) is 6.54 Å². The largest absolute Gasteiger partial charge is 0.326 e. The van der Waals surface area contributed by atoms with Gasteiger partial charge in [-0.1, -0.05) is 34.1 Å². The first-order valence-corrected chi connectivity index (χ1v) is 9.94. The summed E-state index contributed by atoms with van der Waals surface area (Å²) in [5.41, 5.74) is 2.62. The second-order valence-corrected chi connectivity index (χ2v) is 7.29. The second kappa shape index (κ2) is 10.3. The topological polar surface area (TPSA) is 95.5 Å². The third kappa shape index (κ3) is 6.52. The van der Waals surface area contributed by atoms with Gasteiger partial charge >= 0.3 is 0 Å². The first-order chi connectivity index (χ1) is 14.5. The number of carbonyl (C=O) groups excluding carboxylic acids is 2. The maximum absolute atomic E-state index is 12.8. The van der Waals surface area contributed by atoms with Crippen LogP contribution in [0.4, 0.5) is 11.4 Å². The number of guanidine groups is 1. The molecule has 0 saturated heterocycles. The molecule has 0 spiro atoms. The highest BCUT2D eigenvalue weighted by atomic mass is 79.9. The quantitative estimate of drug-likeness (QED) is 0.388. The molecule has 1 heterocycles. The van der Waals surface area contributed by atoms with E-state index in [0.29, 0.717) is 23.8 Å². The Labute approximate surface area is 182 Å². The average molecular weight is 466 g/mol. The van der Waals surface area contributed by atoms with Gasteiger partial charge in [0, 0.05) is 40.7 Å². The number of nitrogens with zero attached hydrogens (tertiary/aromatic N) is 2. The lowest BCUT2D eigenvalue weighted by atomic mass is 10.2. The molecule has 0 radical (unpaired) electrons. The zero-order valence-electron chi connectivity index (χ0n) is 16.2. The van der Waals surface area contributed by atoms with Crippen LogP contribution in [0.5, 0.6) is 0 Å². The fraction of sp³-hybridized carbons (Fsp3) is 0.0909. The van der Waals surface area contributed by atoms with Gasteiger partial charge in [-0.25, -0.2) is 4.99 Å². The minimum absolute atomic E-state index is 0.206. The molecule has 0 bridgehead atoms. The van der Waals surface area contributed by atoms with Crippen molar-refractivity contribution < 1.29 is 9.59 Å². The van der Waals surface area contributed by atoms with E-state index in [4.69, 9.17) is 0 Å². The van der Waals surface area contributed by atoms with Gasteiger partial charge in [-0.05, 0) is 48.0 Å². The van der Waals surface area contributed by atoms with E-state index in [2.05, 4.69) is 41.9 Å². The molecule has 0 fully saturated rings. The molecule has 0 aliphatic heterocycles. The number of nitrogens with one attached hydrogen (secondary N) is 3. The lowest BCUT2D eigenvalue weighted by Gasteiger charge is -2.13. The summed E-state index contributed by atoms with van der Waals surface area (Å²) in [6.07, 6.45) is 3.41. The first-order valence-electron chi connectivity index (χ1n) is 9.14. The molecule has 1 aromatic heterocycles. The minimum atomic E-state index is -0.352. The zero-order chi connectivity index (χ0) is 21.3. The Bertz CT molecular complexity index is 1070. The summed E-state index contributed by atoms with van der Waals surface area (Å²) >= 11 is 3.43. The first kappa shape index (κ1) is 21.2. The molecular formula is C22H20BrN5O2. The van der Waals surface area contributed by atoms with Crippen molar-refractivity contribution >= 4 is 45.1 Å². The molecule has 2 aromatic carbocycles. The molecule has 3 rings (SSSR count). The van der Waals surface area contributed by atoms with Crippen molar-refractivity contribution in [2.75, 3.05) is 10.6 Å². The lowest BCUT2D eigenvalue weighted by molar-refractivity contribution is -0.114. The Morgan fingerprint density at radius 3 is 2.47 bits per heavy atom. The Hall–Kier alpha value is -3.52. The van der Waals surface area contributed by atoms with Crippen molar-refractivity contribution in [3.63, 3.8) is 0 Å². The highest BCUT2D eigenvalue weighted by Crippen LogP contribution is 2.16. The number of aliphatic imine (C=N–C) groups is 1. The summed E-state index contributed by atoms with van der Waals surface area (Å²) in [5, 5.41) is 8.61. The van der Waals surface area contributed by atoms with Crippen molar-refractivity contribution in [2.24, 2.45) is 4.99 Å². The van der Waals surface area contributed by atoms with Crippen LogP contribution in [0.1, 0.15) is 22.8 Å². The van der Waals surface area contributed by atoms with E-state index in [-0.39, 0.29) is 11.8 Å². The predicted molar refractivity (Wildman–Crippen MR) is 121 cm³/mol. The fourth-order valence-corrected chi connectivity index (χ4v) is 3.00. The second-order valence-electron chi connectivity index (χ2n) is 6.38. The van der Waals surface area contributed by atoms with E-state index < -0.39 is 0 Å². The summed E-state index contributed by atoms with van der Waals surface area (Å²) in [6, 6.07) is 18.0. The molecule has 0 aliphatic rings. The molecule has 0 unspecified atom stereocenters. The molecule has 3 aromatic rings. The molecule has 0 aliphatic carbocycles. The zero-order valence-corrected chi connectivity index (χ0v) is 17.8. The summed E-state index contributed by atoms with van der Waals surface area (Å²) in [5.74, 6) is -0.260. The third-order valence-corrected chi connectivity index (χ3v) is 4.40. The molecule has 0 saturated carbocycles. The number of hydrogen-bond acceptors (Lipinski definition) is 4. The number of amides is 2. The van der Waals surface area contributed by atoms with E-state index in [0.717, 1.165) is 15.7 Å². The highest BCUT2D eigenvalue weighted by Gasteiger charge is 2.11. The maximum Gasteiger partial charge on any atom is 0.258 e. The molecule has 8 heteroatoms. The monoisotopic (exact) mass is 465 g/mol. The Morgan fingerprint density at radius 1 is 1.00 bits per heavy atom. The maximum atomic E-state index is 12.8. The molecule has 152 valence electrons. The van der Waals surface area contributed by atoms with Gasteiger partial charge in [-0.3, -0.25) is 19.9 Å². The van der Waals surface area contributed by atoms with Gasteiger partial charge in [0.1, 0.15) is 0 Å². The van der Waals surface area contributed by atoms with E-state index in [1.54, 1.807) is 36.7 Å². The summed E-state index contributed by atoms with van der Waals surface area (Å²) in [6.45, 7) is 1.76. The van der Waals surface area contributed by atoms with Gasteiger partial charge in [0.25, 0.3) is 5.91 Å². The molecular weight excluding hydrogens is 446 g/mol. The number of carbonyl (C=O) groups is 2. The van der Waals surface area contributed by atoms with E-state index in [9.17, 15) is 9.59 Å². The number of hydrogen-bond donors (Lipinski definition) is 3. The number of halogens is 1. The summed E-state index contributed by atoms with van der Waals surface area (Å²) < 4.78 is 0.897. The van der Waals surface area contributed by atoms with Crippen LogP contribution in [0.15, 0.2) is 82.5 Å². The smallest absolute Gasteiger partial charge is 0.258 e. The number of rotatable bonds is 5. The van der Waals surface area contributed by atoms with E-state index in [1.165, 1.54) is 6.92 Å². The Morgan fingerprint density at radius 2 is 1.77 bits per heavy atom. The van der Waals surface area contributed by atoms with Crippen molar-refractivity contribution in [1.29, 1.82) is 0 Å². The SMILES string of the molecule is CC(=O)Nc1cccc(C(=O)NC(=NCc2cccnc2)Nc2cccc(Br)c2)c1. The van der Waals surface area contributed by atoms with Gasteiger partial charge in [-0.2, -0.15) is 0 Å². The highest BCUT2D eigenvalue weighted by molar-refractivity contribution is 9.10. The van der Waals surface area contributed by atoms with Gasteiger partial charge in [-0.15, -0.1) is 0 Å². The van der Waals surface area contributed by atoms with Crippen molar-refractivity contribution in [2.45, 2.75) is 13.5 Å². The van der Waals surface area contributed by atoms with Crippen LogP contribution >= 0.6 is 15.9 Å². The average Bonchev–Trinajstić information content (AvgIpc) is 2.72. The summed E-state index contributed by atoms with van der Waals surface area (Å²) in [7, 11) is 0. The Balaban J connectivity index is 1.80. The van der Waals surface area contributed by atoms with Crippen LogP contribution in [-0.4, -0.2) is 22.8 Å². The van der Waals surface area contributed by atoms with Crippen molar-refractivity contribution in [3.05, 3.63) is 88.7 Å². The van der Waals surface area contributed by atoms with Crippen LogP contribution in [0.2, 0.25) is 0 Å². The molecule has 30 heavy (non-hydrogen) atoms. The third-order valence-electron chi connectivity index (χ3n) is 3.91. The van der Waals surface area contributed by atoms with Gasteiger partial charge in [0.2, 0.25) is 11.9 Å². The molecule has 3 N–H and O–H groups in total. The van der Waals surface area contributed by atoms with Gasteiger partial charge < -0.3 is 10.6 Å². The molecule has 0 atom stereocenters. The standard InChI is InChI=1S/C22H20BrN5O2/c1-15(29)26-19-8-2-6-17(11-19)21(30)28-22(25-14-16-5-4-10-24-13-16)27-20-9-3-7-18(23)12-20/h2-13H,14H2,1H3,(H,26,29)(H2,25,27,28,30). The molecule has 7 nitrogen and oxygen atoms in total. The van der Waals surface area contributed by atoms with E-state index >= 15 is 0 Å². The number of benzene rings is 2. The van der Waals surface area contributed by atoms with Crippen LogP contribution in [0.3, 0.4) is 0 Å². The van der Waals surface area contributed by atoms with Crippen molar-refractivity contribution in [1.82, 2.24) is 10.3 Å².